The van der Waals surface area contributed by atoms with Gasteiger partial charge in [0, 0.05) is 49.7 Å². The van der Waals surface area contributed by atoms with Crippen LogP contribution < -0.4 is 16.3 Å². The third-order valence-electron chi connectivity index (χ3n) is 11.5. The minimum atomic E-state index is -4.67. The van der Waals surface area contributed by atoms with E-state index >= 15 is 4.39 Å². The van der Waals surface area contributed by atoms with E-state index in [1.165, 1.54) is 15.2 Å². The lowest BCUT2D eigenvalue weighted by Gasteiger charge is -2.42. The molecule has 8 rings (SSSR count). The summed E-state index contributed by atoms with van der Waals surface area (Å²) in [4.78, 5) is 55.9. The van der Waals surface area contributed by atoms with Gasteiger partial charge in [0.2, 0.25) is 11.8 Å². The van der Waals surface area contributed by atoms with Gasteiger partial charge in [0.05, 0.1) is 28.2 Å². The molecule has 3 N–H and O–H groups in total. The Morgan fingerprint density at radius 2 is 1.80 bits per heavy atom. The topological polar surface area (TPSA) is 156 Å². The highest BCUT2D eigenvalue weighted by Gasteiger charge is 2.40. The number of amides is 3. The number of aryl methyl sites for hydroxylation is 1. The minimum Gasteiger partial charge on any atom is -0.389 e. The van der Waals surface area contributed by atoms with Crippen LogP contribution in [0.1, 0.15) is 84.7 Å². The standard InChI is InChI=1S/C39H40F4N8O5/c1-48-34-26(4-2-6-30(34)51(37(48)55)31-10-11-33(52)46-36(31)54)25-14-17-49(20-27(25)40)21-38(56)15-12-24(13-16-38)50-19-22-18-23(8-9-28(22)47-50)44-35(53)29-5-3-7-32(45-29)39(41,42)43/h2-9,18-19,24-25,27,31,56H,10-17,20-21H2,1H3,(H,44,53)(H,46,52,54)/t24?,25-,27+,31?,38?/m0/s1. The molecule has 3 atom stereocenters. The van der Waals surface area contributed by atoms with Gasteiger partial charge in [-0.15, -0.1) is 0 Å². The Hall–Kier alpha value is -5.42. The Labute approximate surface area is 317 Å². The number of carbonyl (C=O) groups is 3. The zero-order valence-electron chi connectivity index (χ0n) is 30.4. The fourth-order valence-corrected chi connectivity index (χ4v) is 8.66. The second-order valence-electron chi connectivity index (χ2n) is 15.2. The van der Waals surface area contributed by atoms with Crippen molar-refractivity contribution < 1.29 is 37.1 Å². The number of halogens is 4. The van der Waals surface area contributed by atoms with Crippen molar-refractivity contribution in [1.29, 1.82) is 0 Å². The van der Waals surface area contributed by atoms with Gasteiger partial charge in [-0.05, 0) is 87.0 Å². The summed E-state index contributed by atoms with van der Waals surface area (Å²) in [6, 6.07) is 12.7. The predicted molar refractivity (Wildman–Crippen MR) is 197 cm³/mol. The van der Waals surface area contributed by atoms with E-state index in [0.29, 0.717) is 73.0 Å². The molecule has 1 unspecified atom stereocenters. The van der Waals surface area contributed by atoms with E-state index < -0.39 is 53.1 Å². The Bertz CT molecular complexity index is 2410. The number of fused-ring (bicyclic) bond motifs is 2. The van der Waals surface area contributed by atoms with E-state index in [2.05, 4.69) is 15.6 Å². The molecule has 17 heteroatoms. The SMILES string of the molecule is Cn1c(=O)n(C2CCC(=O)NC2=O)c2cccc([C@@H]3CCN(CC4(O)CCC(n5cc6cc(NC(=O)c7cccc(C(F)(F)F)n7)ccc6n5)CC4)C[C@H]3F)c21. The van der Waals surface area contributed by atoms with E-state index in [9.17, 15) is 37.5 Å². The molecule has 2 aromatic carbocycles. The zero-order chi connectivity index (χ0) is 39.5. The molecule has 2 saturated heterocycles. The van der Waals surface area contributed by atoms with Crippen molar-refractivity contribution in [3.63, 3.8) is 0 Å². The molecule has 1 saturated carbocycles. The summed E-state index contributed by atoms with van der Waals surface area (Å²) < 4.78 is 60.1. The van der Waals surface area contributed by atoms with Gasteiger partial charge >= 0.3 is 11.9 Å². The normalized spacial score (nSPS) is 25.1. The number of alkyl halides is 4. The molecular weight excluding hydrogens is 736 g/mol. The summed E-state index contributed by atoms with van der Waals surface area (Å²) >= 11 is 0. The summed E-state index contributed by atoms with van der Waals surface area (Å²) in [6.45, 7) is 0.969. The molecule has 294 valence electrons. The van der Waals surface area contributed by atoms with Crippen molar-refractivity contribution >= 4 is 45.3 Å². The molecule has 1 aliphatic carbocycles. The molecule has 5 aromatic rings. The number of rotatable bonds is 7. The molecule has 5 heterocycles. The van der Waals surface area contributed by atoms with Gasteiger partial charge in [0.25, 0.3) is 5.91 Å². The van der Waals surface area contributed by atoms with Crippen LogP contribution in [0.2, 0.25) is 0 Å². The first-order valence-electron chi connectivity index (χ1n) is 18.6. The number of hydrogen-bond acceptors (Lipinski definition) is 8. The number of aromatic nitrogens is 5. The summed E-state index contributed by atoms with van der Waals surface area (Å²) in [5.74, 6) is -2.18. The van der Waals surface area contributed by atoms with E-state index in [1.807, 2.05) is 21.8 Å². The lowest BCUT2D eigenvalue weighted by molar-refractivity contribution is -0.141. The molecule has 13 nitrogen and oxygen atoms in total. The Kier molecular flexibility index (Phi) is 9.55. The number of anilines is 1. The van der Waals surface area contributed by atoms with Gasteiger partial charge in [0.15, 0.2) is 0 Å². The average molecular weight is 777 g/mol. The highest BCUT2D eigenvalue weighted by molar-refractivity contribution is 6.04. The van der Waals surface area contributed by atoms with Crippen LogP contribution >= 0.6 is 0 Å². The van der Waals surface area contributed by atoms with Gasteiger partial charge in [0.1, 0.15) is 23.6 Å². The third kappa shape index (κ3) is 7.09. The average Bonchev–Trinajstić information content (AvgIpc) is 3.69. The zero-order valence-corrected chi connectivity index (χ0v) is 30.4. The van der Waals surface area contributed by atoms with Crippen molar-refractivity contribution in [2.45, 2.75) is 80.9 Å². The smallest absolute Gasteiger partial charge is 0.389 e. The summed E-state index contributed by atoms with van der Waals surface area (Å²) in [6.07, 6.45) is -1.09. The number of nitrogens with zero attached hydrogens (tertiary/aromatic N) is 6. The molecule has 0 spiro atoms. The van der Waals surface area contributed by atoms with Crippen molar-refractivity contribution in [3.8, 4) is 0 Å². The molecule has 0 radical (unpaired) electrons. The van der Waals surface area contributed by atoms with Crippen LogP contribution in [0.5, 0.6) is 0 Å². The number of para-hydroxylation sites is 1. The number of likely N-dealkylation sites (tertiary alicyclic amines) is 1. The second kappa shape index (κ2) is 14.3. The quantitative estimate of drug-likeness (QED) is 0.154. The number of benzene rings is 2. The number of imidazole rings is 1. The third-order valence-corrected chi connectivity index (χ3v) is 11.5. The van der Waals surface area contributed by atoms with Crippen molar-refractivity contribution in [2.24, 2.45) is 7.05 Å². The van der Waals surface area contributed by atoms with Gasteiger partial charge in [-0.2, -0.15) is 18.3 Å². The fraction of sp³-hybridized carbons (Fsp3) is 0.436. The maximum Gasteiger partial charge on any atom is 0.433 e. The number of piperidine rings is 2. The number of pyridine rings is 1. The van der Waals surface area contributed by atoms with E-state index in [4.69, 9.17) is 5.10 Å². The molecule has 2 aliphatic heterocycles. The Balaban J connectivity index is 0.891. The summed E-state index contributed by atoms with van der Waals surface area (Å²) in [5, 5.41) is 22.0. The van der Waals surface area contributed by atoms with Gasteiger partial charge in [-0.25, -0.2) is 14.2 Å². The monoisotopic (exact) mass is 776 g/mol. The second-order valence-corrected chi connectivity index (χ2v) is 15.2. The molecule has 0 bridgehead atoms. The first-order valence-corrected chi connectivity index (χ1v) is 18.6. The van der Waals surface area contributed by atoms with Gasteiger partial charge < -0.3 is 10.4 Å². The summed E-state index contributed by atoms with van der Waals surface area (Å²) in [5.41, 5.74) is -0.114. The Morgan fingerprint density at radius 3 is 2.54 bits per heavy atom. The number of hydrogen-bond donors (Lipinski definition) is 3. The minimum absolute atomic E-state index is 0.00528. The van der Waals surface area contributed by atoms with Crippen molar-refractivity contribution in [1.82, 2.24) is 34.1 Å². The lowest BCUT2D eigenvalue weighted by Crippen LogP contribution is -2.50. The largest absolute Gasteiger partial charge is 0.433 e. The number of β-amino-alcohol motifs (C(OH)–C–C–N with tert-alkyl or cyclic N) is 1. The number of nitrogens with one attached hydrogen (secondary N) is 2. The first kappa shape index (κ1) is 37.5. The highest BCUT2D eigenvalue weighted by atomic mass is 19.4. The van der Waals surface area contributed by atoms with Crippen molar-refractivity contribution in [2.75, 3.05) is 25.0 Å². The molecule has 3 aromatic heterocycles. The van der Waals surface area contributed by atoms with Crippen LogP contribution in [0.25, 0.3) is 21.9 Å². The van der Waals surface area contributed by atoms with Crippen molar-refractivity contribution in [3.05, 3.63) is 88.2 Å². The lowest BCUT2D eigenvalue weighted by atomic mass is 9.80. The van der Waals surface area contributed by atoms with E-state index in [1.54, 1.807) is 37.4 Å². The van der Waals surface area contributed by atoms with Crippen LogP contribution in [0.3, 0.4) is 0 Å². The first-order chi connectivity index (χ1) is 26.7. The number of carbonyl (C=O) groups excluding carboxylic acids is 3. The predicted octanol–water partition coefficient (Wildman–Crippen LogP) is 5.01. The molecule has 3 fully saturated rings. The van der Waals surface area contributed by atoms with Gasteiger partial charge in [-0.1, -0.05) is 18.2 Å². The molecule has 3 aliphatic rings. The van der Waals surface area contributed by atoms with Crippen LogP contribution in [-0.4, -0.2) is 83.0 Å². The van der Waals surface area contributed by atoms with E-state index in [0.717, 1.165) is 17.5 Å². The summed E-state index contributed by atoms with van der Waals surface area (Å²) in [7, 11) is 1.61. The maximum atomic E-state index is 16.1. The Morgan fingerprint density at radius 1 is 1.04 bits per heavy atom. The van der Waals surface area contributed by atoms with Crippen LogP contribution in [-0.2, 0) is 22.8 Å². The number of imide groups is 1. The molecule has 56 heavy (non-hydrogen) atoms. The highest BCUT2D eigenvalue weighted by Crippen LogP contribution is 2.39. The fourth-order valence-electron chi connectivity index (χ4n) is 8.66. The molecular formula is C39H40F4N8O5. The van der Waals surface area contributed by atoms with Gasteiger partial charge in [-0.3, -0.25) is 38.4 Å². The van der Waals surface area contributed by atoms with E-state index in [-0.39, 0.29) is 37.0 Å². The van der Waals surface area contributed by atoms with Crippen LogP contribution in [0, 0.1) is 0 Å². The van der Waals surface area contributed by atoms with Crippen LogP contribution in [0.15, 0.2) is 65.6 Å². The number of aliphatic hydroxyl groups is 1. The van der Waals surface area contributed by atoms with Crippen LogP contribution in [0.4, 0.5) is 23.2 Å². The molecule has 3 amide bonds. The maximum absolute atomic E-state index is 16.1.